The summed E-state index contributed by atoms with van der Waals surface area (Å²) in [5.74, 6) is 1.13. The summed E-state index contributed by atoms with van der Waals surface area (Å²) in [5.41, 5.74) is 0. The lowest BCUT2D eigenvalue weighted by molar-refractivity contribution is -0.121. The molecule has 0 bridgehead atoms. The van der Waals surface area contributed by atoms with E-state index in [-0.39, 0.29) is 5.91 Å². The van der Waals surface area contributed by atoms with Gasteiger partial charge in [-0.15, -0.1) is 0 Å². The van der Waals surface area contributed by atoms with Gasteiger partial charge in [-0.25, -0.2) is 0 Å². The van der Waals surface area contributed by atoms with Crippen LogP contribution in [0.15, 0.2) is 0 Å². The van der Waals surface area contributed by atoms with Gasteiger partial charge in [-0.1, -0.05) is 12.8 Å². The number of hydrogen-bond donors (Lipinski definition) is 2. The van der Waals surface area contributed by atoms with Crippen molar-refractivity contribution in [3.05, 3.63) is 0 Å². The maximum absolute atomic E-state index is 11.7. The molecule has 0 aromatic rings. The van der Waals surface area contributed by atoms with Crippen molar-refractivity contribution < 1.29 is 4.79 Å². The van der Waals surface area contributed by atoms with Crippen molar-refractivity contribution in [2.45, 2.75) is 64.0 Å². The topological polar surface area (TPSA) is 41.1 Å². The molecule has 3 nitrogen and oxygen atoms in total. The molecule has 3 heteroatoms. The third-order valence-corrected chi connectivity index (χ3v) is 3.67. The summed E-state index contributed by atoms with van der Waals surface area (Å²) in [6.07, 6.45) is 8.11. The zero-order chi connectivity index (χ0) is 11.4. The smallest absolute Gasteiger partial charge is 0.220 e. The minimum atomic E-state index is 0.238. The number of amides is 1. The van der Waals surface area contributed by atoms with E-state index >= 15 is 0 Å². The van der Waals surface area contributed by atoms with Crippen LogP contribution in [0.2, 0.25) is 0 Å². The Kier molecular flexibility index (Phi) is 4.22. The molecule has 16 heavy (non-hydrogen) atoms. The summed E-state index contributed by atoms with van der Waals surface area (Å²) < 4.78 is 0. The van der Waals surface area contributed by atoms with E-state index < -0.39 is 0 Å². The molecular formula is C13H24N2O. The van der Waals surface area contributed by atoms with Gasteiger partial charge >= 0.3 is 0 Å². The highest BCUT2D eigenvalue weighted by Crippen LogP contribution is 2.33. The molecule has 0 aromatic heterocycles. The van der Waals surface area contributed by atoms with Gasteiger partial charge in [-0.2, -0.15) is 0 Å². The second-order valence-electron chi connectivity index (χ2n) is 5.48. The van der Waals surface area contributed by atoms with Crippen LogP contribution in [-0.4, -0.2) is 24.5 Å². The van der Waals surface area contributed by atoms with Crippen LogP contribution in [0.1, 0.15) is 51.9 Å². The Morgan fingerprint density at radius 1 is 1.44 bits per heavy atom. The molecule has 1 aliphatic carbocycles. The average Bonchev–Trinajstić information content (AvgIpc) is 2.89. The highest BCUT2D eigenvalue weighted by molar-refractivity contribution is 5.76. The highest BCUT2D eigenvalue weighted by atomic mass is 16.1. The van der Waals surface area contributed by atoms with Gasteiger partial charge in [0.2, 0.25) is 5.91 Å². The molecule has 92 valence electrons. The van der Waals surface area contributed by atoms with E-state index in [1.165, 1.54) is 32.1 Å². The molecule has 1 saturated heterocycles. The van der Waals surface area contributed by atoms with Gasteiger partial charge in [0.1, 0.15) is 0 Å². The minimum Gasteiger partial charge on any atom is -0.354 e. The number of nitrogens with one attached hydrogen (secondary N) is 2. The minimum absolute atomic E-state index is 0.238. The normalized spacial score (nSPS) is 26.7. The Hall–Kier alpha value is -0.570. The van der Waals surface area contributed by atoms with Crippen LogP contribution >= 0.6 is 0 Å². The first kappa shape index (κ1) is 11.9. The van der Waals surface area contributed by atoms with Crippen LogP contribution in [0.25, 0.3) is 0 Å². The van der Waals surface area contributed by atoms with E-state index in [1.807, 2.05) is 0 Å². The Balaban J connectivity index is 1.55. The fourth-order valence-electron chi connectivity index (χ4n) is 2.57. The molecule has 2 fully saturated rings. The molecule has 2 aliphatic rings. The number of rotatable bonds is 6. The van der Waals surface area contributed by atoms with E-state index in [2.05, 4.69) is 17.6 Å². The molecule has 2 rings (SSSR count). The Morgan fingerprint density at radius 3 is 2.88 bits per heavy atom. The van der Waals surface area contributed by atoms with Crippen molar-refractivity contribution in [1.82, 2.24) is 10.6 Å². The molecule has 1 aliphatic heterocycles. The standard InChI is InChI=1S/C13H24N2O/c1-10(9-11-4-5-11)15-13(16)7-6-12-3-2-8-14-12/h10-12,14H,2-9H2,1H3,(H,15,16). The molecule has 0 radical (unpaired) electrons. The lowest BCUT2D eigenvalue weighted by Crippen LogP contribution is -2.34. The molecule has 2 atom stereocenters. The maximum Gasteiger partial charge on any atom is 0.220 e. The average molecular weight is 224 g/mol. The van der Waals surface area contributed by atoms with Gasteiger partial charge in [-0.3, -0.25) is 4.79 Å². The Bertz CT molecular complexity index is 232. The number of carbonyl (C=O) groups is 1. The first-order chi connectivity index (χ1) is 7.74. The summed E-state index contributed by atoms with van der Waals surface area (Å²) in [5, 5.41) is 6.54. The van der Waals surface area contributed by atoms with Crippen molar-refractivity contribution in [3.8, 4) is 0 Å². The van der Waals surface area contributed by atoms with Crippen LogP contribution in [0.5, 0.6) is 0 Å². The van der Waals surface area contributed by atoms with E-state index in [4.69, 9.17) is 0 Å². The molecule has 0 spiro atoms. The second kappa shape index (κ2) is 5.67. The van der Waals surface area contributed by atoms with E-state index in [0.717, 1.165) is 18.9 Å². The van der Waals surface area contributed by atoms with E-state index in [9.17, 15) is 4.79 Å². The van der Waals surface area contributed by atoms with Crippen LogP contribution in [-0.2, 0) is 4.79 Å². The van der Waals surface area contributed by atoms with Crippen molar-refractivity contribution in [2.24, 2.45) is 5.92 Å². The zero-order valence-electron chi connectivity index (χ0n) is 10.3. The van der Waals surface area contributed by atoms with Crippen molar-refractivity contribution in [1.29, 1.82) is 0 Å². The lowest BCUT2D eigenvalue weighted by atomic mass is 10.1. The Labute approximate surface area is 98.4 Å². The predicted octanol–water partition coefficient (Wildman–Crippen LogP) is 1.82. The van der Waals surface area contributed by atoms with Gasteiger partial charge in [0.25, 0.3) is 0 Å². The lowest BCUT2D eigenvalue weighted by Gasteiger charge is -2.14. The molecule has 1 amide bonds. The predicted molar refractivity (Wildman–Crippen MR) is 65.2 cm³/mol. The summed E-state index contributed by atoms with van der Waals surface area (Å²) >= 11 is 0. The number of hydrogen-bond acceptors (Lipinski definition) is 2. The summed E-state index contributed by atoms with van der Waals surface area (Å²) in [4.78, 5) is 11.7. The van der Waals surface area contributed by atoms with Gasteiger partial charge in [0, 0.05) is 18.5 Å². The molecule has 1 saturated carbocycles. The van der Waals surface area contributed by atoms with Gasteiger partial charge in [0.05, 0.1) is 0 Å². The third kappa shape index (κ3) is 4.12. The van der Waals surface area contributed by atoms with Crippen LogP contribution in [0.4, 0.5) is 0 Å². The van der Waals surface area contributed by atoms with Crippen LogP contribution in [0, 0.1) is 5.92 Å². The SMILES string of the molecule is CC(CC1CC1)NC(=O)CCC1CCCN1. The zero-order valence-corrected chi connectivity index (χ0v) is 10.3. The van der Waals surface area contributed by atoms with Crippen LogP contribution in [0.3, 0.4) is 0 Å². The summed E-state index contributed by atoms with van der Waals surface area (Å²) in [6, 6.07) is 0.959. The fourth-order valence-corrected chi connectivity index (χ4v) is 2.57. The van der Waals surface area contributed by atoms with Crippen molar-refractivity contribution >= 4 is 5.91 Å². The first-order valence-corrected chi connectivity index (χ1v) is 6.77. The molecular weight excluding hydrogens is 200 g/mol. The summed E-state index contributed by atoms with van der Waals surface area (Å²) in [7, 11) is 0. The molecule has 2 N–H and O–H groups in total. The van der Waals surface area contributed by atoms with E-state index in [1.54, 1.807) is 0 Å². The molecule has 1 heterocycles. The van der Waals surface area contributed by atoms with E-state index in [0.29, 0.717) is 18.5 Å². The number of carbonyl (C=O) groups excluding carboxylic acids is 1. The fraction of sp³-hybridized carbons (Fsp3) is 0.923. The van der Waals surface area contributed by atoms with Gasteiger partial charge in [0.15, 0.2) is 0 Å². The van der Waals surface area contributed by atoms with Crippen molar-refractivity contribution in [3.63, 3.8) is 0 Å². The largest absolute Gasteiger partial charge is 0.354 e. The second-order valence-corrected chi connectivity index (χ2v) is 5.48. The Morgan fingerprint density at radius 2 is 2.25 bits per heavy atom. The maximum atomic E-state index is 11.7. The molecule has 2 unspecified atom stereocenters. The summed E-state index contributed by atoms with van der Waals surface area (Å²) in [6.45, 7) is 3.26. The monoisotopic (exact) mass is 224 g/mol. The van der Waals surface area contributed by atoms with Gasteiger partial charge in [-0.05, 0) is 45.1 Å². The van der Waals surface area contributed by atoms with Crippen LogP contribution < -0.4 is 10.6 Å². The van der Waals surface area contributed by atoms with Gasteiger partial charge < -0.3 is 10.6 Å². The third-order valence-electron chi connectivity index (χ3n) is 3.67. The van der Waals surface area contributed by atoms with Crippen molar-refractivity contribution in [2.75, 3.05) is 6.54 Å². The highest BCUT2D eigenvalue weighted by Gasteiger charge is 2.24. The molecule has 0 aromatic carbocycles. The first-order valence-electron chi connectivity index (χ1n) is 6.77. The quantitative estimate of drug-likeness (QED) is 0.722.